The predicted octanol–water partition coefficient (Wildman–Crippen LogP) is 5.12. The Bertz CT molecular complexity index is 1250. The Kier molecular flexibility index (Phi) is 5.77. The van der Waals surface area contributed by atoms with E-state index in [0.29, 0.717) is 16.3 Å². The largest absolute Gasteiger partial charge is 0.361 e. The van der Waals surface area contributed by atoms with Crippen LogP contribution < -0.4 is 5.32 Å². The topological polar surface area (TPSA) is 85.8 Å². The third-order valence-electron chi connectivity index (χ3n) is 5.45. The zero-order chi connectivity index (χ0) is 21.9. The van der Waals surface area contributed by atoms with Gasteiger partial charge in [-0.1, -0.05) is 16.9 Å². The summed E-state index contributed by atoms with van der Waals surface area (Å²) >= 11 is 1.46. The van der Waals surface area contributed by atoms with Crippen molar-refractivity contribution < 1.29 is 9.32 Å². The molecule has 1 amide bonds. The summed E-state index contributed by atoms with van der Waals surface area (Å²) in [5.41, 5.74) is 4.43. The first-order chi connectivity index (χ1) is 15.7. The van der Waals surface area contributed by atoms with Gasteiger partial charge >= 0.3 is 0 Å². The van der Waals surface area contributed by atoms with Crippen LogP contribution in [0.1, 0.15) is 40.3 Å². The van der Waals surface area contributed by atoms with E-state index in [1.165, 1.54) is 30.3 Å². The zero-order valence-electron chi connectivity index (χ0n) is 17.7. The number of carbonyl (C=O) groups is 1. The Morgan fingerprint density at radius 3 is 2.88 bits per heavy atom. The highest BCUT2D eigenvalue weighted by Crippen LogP contribution is 2.27. The molecule has 3 aromatic heterocycles. The first kappa shape index (κ1) is 20.5. The number of thioether (sulfide) groups is 1. The van der Waals surface area contributed by atoms with Crippen LogP contribution in [0, 0.1) is 6.92 Å². The number of imidazole rings is 1. The molecule has 0 radical (unpaired) electrons. The van der Waals surface area contributed by atoms with Crippen molar-refractivity contribution in [2.45, 2.75) is 43.5 Å². The van der Waals surface area contributed by atoms with E-state index >= 15 is 0 Å². The number of aromatic nitrogens is 4. The number of anilines is 1. The minimum Gasteiger partial charge on any atom is -0.361 e. The molecule has 8 heteroatoms. The normalized spacial score (nSPS) is 13.0. The molecule has 1 aromatic carbocycles. The van der Waals surface area contributed by atoms with Crippen LogP contribution in [-0.4, -0.2) is 25.6 Å². The van der Waals surface area contributed by atoms with E-state index in [9.17, 15) is 4.79 Å². The summed E-state index contributed by atoms with van der Waals surface area (Å²) < 4.78 is 7.41. The van der Waals surface area contributed by atoms with Gasteiger partial charge in [0.2, 0.25) is 0 Å². The number of fused-ring (bicyclic) bond motifs is 1. The van der Waals surface area contributed by atoms with Gasteiger partial charge in [0.1, 0.15) is 16.6 Å². The van der Waals surface area contributed by atoms with Crippen LogP contribution in [0.15, 0.2) is 64.4 Å². The second kappa shape index (κ2) is 9.00. The zero-order valence-corrected chi connectivity index (χ0v) is 18.6. The fourth-order valence-corrected chi connectivity index (χ4v) is 4.75. The van der Waals surface area contributed by atoms with E-state index in [4.69, 9.17) is 4.52 Å². The molecule has 4 heterocycles. The molecule has 0 aliphatic carbocycles. The number of pyridine rings is 1. The van der Waals surface area contributed by atoms with Crippen molar-refractivity contribution in [2.24, 2.45) is 0 Å². The summed E-state index contributed by atoms with van der Waals surface area (Å²) in [5.74, 6) is 2.14. The molecule has 5 rings (SSSR count). The molecule has 0 bridgehead atoms. The highest BCUT2D eigenvalue weighted by atomic mass is 32.2. The van der Waals surface area contributed by atoms with E-state index in [0.717, 1.165) is 41.5 Å². The average Bonchev–Trinajstić information content (AvgIpc) is 3.44. The minimum absolute atomic E-state index is 0.192. The second-order valence-corrected chi connectivity index (χ2v) is 8.75. The lowest BCUT2D eigenvalue weighted by Gasteiger charge is -2.16. The lowest BCUT2D eigenvalue weighted by Crippen LogP contribution is -2.13. The van der Waals surface area contributed by atoms with Gasteiger partial charge in [0.15, 0.2) is 0 Å². The quantitative estimate of drug-likeness (QED) is 0.415. The van der Waals surface area contributed by atoms with Crippen molar-refractivity contribution >= 4 is 23.4 Å². The number of hydrogen-bond acceptors (Lipinski definition) is 6. The van der Waals surface area contributed by atoms with E-state index in [-0.39, 0.29) is 5.91 Å². The van der Waals surface area contributed by atoms with Crippen LogP contribution in [0.2, 0.25) is 0 Å². The van der Waals surface area contributed by atoms with Gasteiger partial charge in [-0.2, -0.15) is 0 Å². The summed E-state index contributed by atoms with van der Waals surface area (Å²) in [6.45, 7) is 2.87. The SMILES string of the molecule is Cc1cc(CSc2ncccc2C(=O)Nc2ccc(-c3ncc4n3CCCC4)cc2)no1. The molecule has 0 saturated carbocycles. The van der Waals surface area contributed by atoms with E-state index in [1.807, 2.05) is 43.5 Å². The van der Waals surface area contributed by atoms with E-state index < -0.39 is 0 Å². The molecule has 0 atom stereocenters. The maximum absolute atomic E-state index is 12.9. The number of rotatable bonds is 6. The first-order valence-electron chi connectivity index (χ1n) is 10.6. The number of benzene rings is 1. The van der Waals surface area contributed by atoms with Crippen LogP contribution in [0.4, 0.5) is 5.69 Å². The predicted molar refractivity (Wildman–Crippen MR) is 124 cm³/mol. The van der Waals surface area contributed by atoms with Crippen molar-refractivity contribution in [1.82, 2.24) is 19.7 Å². The molecular formula is C24H23N5O2S. The number of aryl methyl sites for hydroxylation is 2. The highest BCUT2D eigenvalue weighted by Gasteiger charge is 2.16. The van der Waals surface area contributed by atoms with Gasteiger partial charge in [-0.15, -0.1) is 0 Å². The van der Waals surface area contributed by atoms with Crippen LogP contribution in [-0.2, 0) is 18.7 Å². The van der Waals surface area contributed by atoms with Crippen molar-refractivity contribution in [2.75, 3.05) is 5.32 Å². The maximum Gasteiger partial charge on any atom is 0.258 e. The van der Waals surface area contributed by atoms with Gasteiger partial charge in [0.05, 0.1) is 11.3 Å². The molecule has 0 saturated heterocycles. The third-order valence-corrected chi connectivity index (χ3v) is 6.49. The van der Waals surface area contributed by atoms with Gasteiger partial charge in [-0.05, 0) is 62.6 Å². The number of amides is 1. The lowest BCUT2D eigenvalue weighted by atomic mass is 10.1. The lowest BCUT2D eigenvalue weighted by molar-refractivity contribution is 0.102. The minimum atomic E-state index is -0.192. The molecule has 32 heavy (non-hydrogen) atoms. The molecule has 1 aliphatic heterocycles. The first-order valence-corrected chi connectivity index (χ1v) is 11.6. The summed E-state index contributed by atoms with van der Waals surface area (Å²) in [7, 11) is 0. The fraction of sp³-hybridized carbons (Fsp3) is 0.250. The molecule has 7 nitrogen and oxygen atoms in total. The van der Waals surface area contributed by atoms with Crippen molar-refractivity contribution in [3.8, 4) is 11.4 Å². The Balaban J connectivity index is 1.29. The van der Waals surface area contributed by atoms with Crippen LogP contribution >= 0.6 is 11.8 Å². The van der Waals surface area contributed by atoms with Crippen molar-refractivity contribution in [3.63, 3.8) is 0 Å². The van der Waals surface area contributed by atoms with Gasteiger partial charge < -0.3 is 14.4 Å². The Morgan fingerprint density at radius 2 is 2.06 bits per heavy atom. The molecule has 1 N–H and O–H groups in total. The molecule has 4 aromatic rings. The van der Waals surface area contributed by atoms with Crippen LogP contribution in [0.25, 0.3) is 11.4 Å². The third kappa shape index (κ3) is 4.31. The van der Waals surface area contributed by atoms with Gasteiger partial charge in [0.25, 0.3) is 5.91 Å². The number of carbonyl (C=O) groups excluding carboxylic acids is 1. The highest BCUT2D eigenvalue weighted by molar-refractivity contribution is 7.98. The van der Waals surface area contributed by atoms with E-state index in [2.05, 4.69) is 25.0 Å². The number of nitrogens with one attached hydrogen (secondary N) is 1. The van der Waals surface area contributed by atoms with Crippen molar-refractivity contribution in [1.29, 1.82) is 0 Å². The fourth-order valence-electron chi connectivity index (χ4n) is 3.87. The van der Waals surface area contributed by atoms with Crippen molar-refractivity contribution in [3.05, 3.63) is 77.6 Å². The summed E-state index contributed by atoms with van der Waals surface area (Å²) in [5, 5.41) is 7.64. The van der Waals surface area contributed by atoms with E-state index in [1.54, 1.807) is 18.3 Å². The van der Waals surface area contributed by atoms with Crippen LogP contribution in [0.5, 0.6) is 0 Å². The van der Waals surface area contributed by atoms with Gasteiger partial charge in [0, 0.05) is 47.7 Å². The number of hydrogen-bond donors (Lipinski definition) is 1. The molecule has 0 fully saturated rings. The second-order valence-electron chi connectivity index (χ2n) is 7.79. The summed E-state index contributed by atoms with van der Waals surface area (Å²) in [6.07, 6.45) is 7.16. The Morgan fingerprint density at radius 1 is 1.19 bits per heavy atom. The summed E-state index contributed by atoms with van der Waals surface area (Å²) in [4.78, 5) is 21.9. The summed E-state index contributed by atoms with van der Waals surface area (Å²) in [6, 6.07) is 13.3. The Hall–Kier alpha value is -3.39. The van der Waals surface area contributed by atoms with Crippen LogP contribution in [0.3, 0.4) is 0 Å². The molecule has 0 spiro atoms. The average molecular weight is 446 g/mol. The Labute approximate surface area is 190 Å². The van der Waals surface area contributed by atoms with Gasteiger partial charge in [-0.25, -0.2) is 9.97 Å². The van der Waals surface area contributed by atoms with Gasteiger partial charge in [-0.3, -0.25) is 4.79 Å². The standard InChI is InChI=1S/C24H23N5O2S/c1-16-13-19(28-31-16)15-32-24-21(6-4-11-25-24)23(30)27-18-9-7-17(8-10-18)22-26-14-20-5-2-3-12-29(20)22/h4,6-11,13-14H,2-3,5,12,15H2,1H3,(H,27,30). The maximum atomic E-state index is 12.9. The smallest absolute Gasteiger partial charge is 0.258 e. The monoisotopic (exact) mass is 445 g/mol. The molecule has 1 aliphatic rings. The molecular weight excluding hydrogens is 422 g/mol. The molecule has 0 unspecified atom stereocenters. The molecule has 162 valence electrons. The number of nitrogens with zero attached hydrogens (tertiary/aromatic N) is 4.